The van der Waals surface area contributed by atoms with E-state index in [1.807, 2.05) is 13.8 Å². The third kappa shape index (κ3) is 7.12. The SMILES string of the molecule is CCC(C)Sc1ccc(NC(=O)Cc2ccc(NC(C)=O)cc2)c(C(F)(F)F)c1. The van der Waals surface area contributed by atoms with Crippen LogP contribution >= 0.6 is 11.8 Å². The van der Waals surface area contributed by atoms with Crippen molar-refractivity contribution in [1.82, 2.24) is 0 Å². The van der Waals surface area contributed by atoms with E-state index in [2.05, 4.69) is 10.6 Å². The van der Waals surface area contributed by atoms with Gasteiger partial charge in [0.05, 0.1) is 17.7 Å². The monoisotopic (exact) mass is 424 g/mol. The first-order valence-corrected chi connectivity index (χ1v) is 10.0. The molecule has 1 unspecified atom stereocenters. The highest BCUT2D eigenvalue weighted by Gasteiger charge is 2.34. The molecular weight excluding hydrogens is 401 g/mol. The van der Waals surface area contributed by atoms with Gasteiger partial charge in [0.15, 0.2) is 0 Å². The summed E-state index contributed by atoms with van der Waals surface area (Å²) in [6.07, 6.45) is -3.82. The molecule has 4 nitrogen and oxygen atoms in total. The van der Waals surface area contributed by atoms with Gasteiger partial charge in [0, 0.05) is 22.8 Å². The lowest BCUT2D eigenvalue weighted by Crippen LogP contribution is -2.18. The summed E-state index contributed by atoms with van der Waals surface area (Å²) in [5.41, 5.74) is 0.0792. The molecule has 2 aromatic rings. The van der Waals surface area contributed by atoms with Gasteiger partial charge in [-0.2, -0.15) is 13.2 Å². The number of alkyl halides is 3. The Balaban J connectivity index is 2.13. The summed E-state index contributed by atoms with van der Waals surface area (Å²) in [6, 6.07) is 10.5. The number of anilines is 2. The minimum absolute atomic E-state index is 0.0823. The molecule has 0 fully saturated rings. The predicted octanol–water partition coefficient (Wildman–Crippen LogP) is 5.74. The standard InChI is InChI=1S/C21H23F3N2O2S/c1-4-13(2)29-17-9-10-19(18(12-17)21(22,23)24)26-20(28)11-15-5-7-16(8-6-15)25-14(3)27/h5-10,12-13H,4,11H2,1-3H3,(H,25,27)(H,26,28). The van der Waals surface area contributed by atoms with Gasteiger partial charge < -0.3 is 10.6 Å². The third-order valence-electron chi connectivity index (χ3n) is 4.12. The van der Waals surface area contributed by atoms with Crippen LogP contribution in [0.25, 0.3) is 0 Å². The lowest BCUT2D eigenvalue weighted by molar-refractivity contribution is -0.137. The van der Waals surface area contributed by atoms with Crippen molar-refractivity contribution >= 4 is 35.0 Å². The Morgan fingerprint density at radius 2 is 1.72 bits per heavy atom. The number of hydrogen-bond acceptors (Lipinski definition) is 3. The van der Waals surface area contributed by atoms with E-state index in [1.54, 1.807) is 30.3 Å². The molecule has 0 bridgehead atoms. The number of rotatable bonds is 7. The van der Waals surface area contributed by atoms with Gasteiger partial charge in [-0.1, -0.05) is 26.0 Å². The first-order chi connectivity index (χ1) is 13.6. The maximum absolute atomic E-state index is 13.5. The Hall–Kier alpha value is -2.48. The van der Waals surface area contributed by atoms with Gasteiger partial charge in [0.1, 0.15) is 0 Å². The second-order valence-electron chi connectivity index (χ2n) is 6.64. The molecule has 29 heavy (non-hydrogen) atoms. The fourth-order valence-electron chi connectivity index (χ4n) is 2.54. The number of amides is 2. The Kier molecular flexibility index (Phi) is 7.73. The van der Waals surface area contributed by atoms with Gasteiger partial charge in [-0.05, 0) is 42.3 Å². The van der Waals surface area contributed by atoms with Crippen molar-refractivity contribution in [3.63, 3.8) is 0 Å². The van der Waals surface area contributed by atoms with Crippen molar-refractivity contribution in [2.24, 2.45) is 0 Å². The molecule has 0 aliphatic carbocycles. The van der Waals surface area contributed by atoms with E-state index < -0.39 is 17.6 Å². The number of carbonyl (C=O) groups is 2. The minimum Gasteiger partial charge on any atom is -0.326 e. The van der Waals surface area contributed by atoms with Crippen LogP contribution in [0.15, 0.2) is 47.4 Å². The summed E-state index contributed by atoms with van der Waals surface area (Å²) in [4.78, 5) is 23.8. The largest absolute Gasteiger partial charge is 0.418 e. The number of hydrogen-bond donors (Lipinski definition) is 2. The molecule has 0 saturated heterocycles. The van der Waals surface area contributed by atoms with Crippen LogP contribution in [0.5, 0.6) is 0 Å². The summed E-state index contributed by atoms with van der Waals surface area (Å²) >= 11 is 1.37. The molecular formula is C21H23F3N2O2S. The first-order valence-electron chi connectivity index (χ1n) is 9.12. The van der Waals surface area contributed by atoms with Crippen LogP contribution in [0, 0.1) is 0 Å². The second kappa shape index (κ2) is 9.82. The minimum atomic E-state index is -4.57. The molecule has 2 rings (SSSR count). The molecule has 156 valence electrons. The summed E-state index contributed by atoms with van der Waals surface area (Å²) in [7, 11) is 0. The van der Waals surface area contributed by atoms with Crippen LogP contribution in [-0.2, 0) is 22.2 Å². The zero-order valence-electron chi connectivity index (χ0n) is 16.4. The topological polar surface area (TPSA) is 58.2 Å². The Morgan fingerprint density at radius 1 is 1.07 bits per heavy atom. The van der Waals surface area contributed by atoms with E-state index in [4.69, 9.17) is 0 Å². The smallest absolute Gasteiger partial charge is 0.326 e. The molecule has 0 spiro atoms. The Morgan fingerprint density at radius 3 is 2.28 bits per heavy atom. The highest BCUT2D eigenvalue weighted by molar-refractivity contribution is 7.99. The molecule has 0 aromatic heterocycles. The van der Waals surface area contributed by atoms with Crippen LogP contribution < -0.4 is 10.6 Å². The zero-order chi connectivity index (χ0) is 21.6. The lowest BCUT2D eigenvalue weighted by Gasteiger charge is -2.16. The Labute approximate surface area is 172 Å². The van der Waals surface area contributed by atoms with Gasteiger partial charge >= 0.3 is 6.18 Å². The molecule has 0 radical (unpaired) electrons. The summed E-state index contributed by atoms with van der Waals surface area (Å²) in [5.74, 6) is -0.768. The zero-order valence-corrected chi connectivity index (χ0v) is 17.2. The van der Waals surface area contributed by atoms with Crippen molar-refractivity contribution < 1.29 is 22.8 Å². The first kappa shape index (κ1) is 22.8. The summed E-state index contributed by atoms with van der Waals surface area (Å²) in [5, 5.41) is 5.17. The summed E-state index contributed by atoms with van der Waals surface area (Å²) in [6.45, 7) is 5.30. The predicted molar refractivity (Wildman–Crippen MR) is 110 cm³/mol. The van der Waals surface area contributed by atoms with Crippen molar-refractivity contribution in [3.8, 4) is 0 Å². The summed E-state index contributed by atoms with van der Waals surface area (Å²) < 4.78 is 40.4. The van der Waals surface area contributed by atoms with E-state index in [-0.39, 0.29) is 23.3 Å². The van der Waals surface area contributed by atoms with Crippen molar-refractivity contribution in [1.29, 1.82) is 0 Å². The van der Waals surface area contributed by atoms with Gasteiger partial charge in [-0.25, -0.2) is 0 Å². The fraction of sp³-hybridized carbons (Fsp3) is 0.333. The maximum atomic E-state index is 13.5. The normalized spacial score (nSPS) is 12.3. The van der Waals surface area contributed by atoms with Gasteiger partial charge in [-0.15, -0.1) is 11.8 Å². The molecule has 0 saturated carbocycles. The van der Waals surface area contributed by atoms with E-state index in [0.717, 1.165) is 12.5 Å². The van der Waals surface area contributed by atoms with Gasteiger partial charge in [-0.3, -0.25) is 9.59 Å². The number of halogens is 3. The van der Waals surface area contributed by atoms with E-state index >= 15 is 0 Å². The number of thioether (sulfide) groups is 1. The highest BCUT2D eigenvalue weighted by atomic mass is 32.2. The van der Waals surface area contributed by atoms with Crippen molar-refractivity contribution in [2.45, 2.75) is 49.9 Å². The molecule has 0 aliphatic rings. The number of carbonyl (C=O) groups excluding carboxylic acids is 2. The molecule has 2 N–H and O–H groups in total. The van der Waals surface area contributed by atoms with Gasteiger partial charge in [0.2, 0.25) is 11.8 Å². The quantitative estimate of drug-likeness (QED) is 0.558. The highest BCUT2D eigenvalue weighted by Crippen LogP contribution is 2.38. The molecule has 2 aromatic carbocycles. The average molecular weight is 424 g/mol. The molecule has 0 aliphatic heterocycles. The molecule has 2 amide bonds. The van der Waals surface area contributed by atoms with Crippen LogP contribution in [0.3, 0.4) is 0 Å². The van der Waals surface area contributed by atoms with Crippen LogP contribution in [0.1, 0.15) is 38.3 Å². The van der Waals surface area contributed by atoms with Crippen LogP contribution in [0.4, 0.5) is 24.5 Å². The molecule has 8 heteroatoms. The second-order valence-corrected chi connectivity index (χ2v) is 8.16. The Bertz CT molecular complexity index is 867. The van der Waals surface area contributed by atoms with Crippen LogP contribution in [-0.4, -0.2) is 17.1 Å². The van der Waals surface area contributed by atoms with Gasteiger partial charge in [0.25, 0.3) is 0 Å². The fourth-order valence-corrected chi connectivity index (χ4v) is 3.51. The van der Waals surface area contributed by atoms with E-state index in [0.29, 0.717) is 16.1 Å². The lowest BCUT2D eigenvalue weighted by atomic mass is 10.1. The van der Waals surface area contributed by atoms with E-state index in [9.17, 15) is 22.8 Å². The van der Waals surface area contributed by atoms with Crippen molar-refractivity contribution in [2.75, 3.05) is 10.6 Å². The number of benzene rings is 2. The maximum Gasteiger partial charge on any atom is 0.418 e. The van der Waals surface area contributed by atoms with Crippen LogP contribution in [0.2, 0.25) is 0 Å². The van der Waals surface area contributed by atoms with E-state index in [1.165, 1.54) is 24.8 Å². The number of nitrogens with one attached hydrogen (secondary N) is 2. The molecule has 1 atom stereocenters. The van der Waals surface area contributed by atoms with Crippen molar-refractivity contribution in [3.05, 3.63) is 53.6 Å². The third-order valence-corrected chi connectivity index (χ3v) is 5.38. The molecule has 0 heterocycles. The average Bonchev–Trinajstić information content (AvgIpc) is 2.63.